The van der Waals surface area contributed by atoms with Crippen LogP contribution in [0.5, 0.6) is 11.5 Å². The zero-order chi connectivity index (χ0) is 18.1. The summed E-state index contributed by atoms with van der Waals surface area (Å²) in [6, 6.07) is 5.47. The number of aliphatic hydroxyl groups is 1. The van der Waals surface area contributed by atoms with E-state index in [1.54, 1.807) is 6.92 Å². The summed E-state index contributed by atoms with van der Waals surface area (Å²) in [5.41, 5.74) is 0.601. The highest BCUT2D eigenvalue weighted by Gasteiger charge is 2.31. The molecule has 1 aromatic carbocycles. The summed E-state index contributed by atoms with van der Waals surface area (Å²) < 4.78 is 16.4. The zero-order valence-corrected chi connectivity index (χ0v) is 14.7. The van der Waals surface area contributed by atoms with Crippen LogP contribution < -0.4 is 14.8 Å². The molecule has 7 heteroatoms. The van der Waals surface area contributed by atoms with E-state index in [0.717, 1.165) is 31.2 Å². The first-order chi connectivity index (χ1) is 12.5. The lowest BCUT2D eigenvalue weighted by Gasteiger charge is -2.22. The van der Waals surface area contributed by atoms with Crippen LogP contribution in [0.3, 0.4) is 0 Å². The number of aryl methyl sites for hydroxylation is 1. The van der Waals surface area contributed by atoms with E-state index in [4.69, 9.17) is 13.9 Å². The Morgan fingerprint density at radius 2 is 2.04 bits per heavy atom. The first kappa shape index (κ1) is 16.9. The van der Waals surface area contributed by atoms with Gasteiger partial charge < -0.3 is 24.3 Å². The molecule has 26 heavy (non-hydrogen) atoms. The van der Waals surface area contributed by atoms with E-state index in [9.17, 15) is 9.90 Å². The van der Waals surface area contributed by atoms with Gasteiger partial charge in [-0.25, -0.2) is 4.98 Å². The SMILES string of the molecule is Cc1oc(-c2ccc3c(c2)OCO3)nc1CC(=O)NCC1(O)CCCC1. The van der Waals surface area contributed by atoms with Crippen molar-refractivity contribution in [2.24, 2.45) is 0 Å². The Balaban J connectivity index is 1.42. The second kappa shape index (κ2) is 6.64. The van der Waals surface area contributed by atoms with Gasteiger partial charge >= 0.3 is 0 Å². The van der Waals surface area contributed by atoms with Crippen molar-refractivity contribution in [3.05, 3.63) is 29.7 Å². The van der Waals surface area contributed by atoms with Crippen LogP contribution in [0.4, 0.5) is 0 Å². The molecule has 2 N–H and O–H groups in total. The summed E-state index contributed by atoms with van der Waals surface area (Å²) in [7, 11) is 0. The number of fused-ring (bicyclic) bond motifs is 1. The maximum atomic E-state index is 12.2. The maximum absolute atomic E-state index is 12.2. The van der Waals surface area contributed by atoms with Crippen LogP contribution in [0.25, 0.3) is 11.5 Å². The summed E-state index contributed by atoms with van der Waals surface area (Å²) in [5, 5.41) is 13.1. The maximum Gasteiger partial charge on any atom is 0.231 e. The number of hydrogen-bond acceptors (Lipinski definition) is 6. The van der Waals surface area contributed by atoms with Crippen molar-refractivity contribution >= 4 is 5.91 Å². The molecule has 2 heterocycles. The number of aromatic nitrogens is 1. The van der Waals surface area contributed by atoms with Gasteiger partial charge in [0.15, 0.2) is 11.5 Å². The monoisotopic (exact) mass is 358 g/mol. The number of rotatable bonds is 5. The average Bonchev–Trinajstić information content (AvgIpc) is 3.34. The van der Waals surface area contributed by atoms with Gasteiger partial charge in [-0.15, -0.1) is 0 Å². The third kappa shape index (κ3) is 3.39. The minimum Gasteiger partial charge on any atom is -0.454 e. The van der Waals surface area contributed by atoms with Crippen LogP contribution in [0.2, 0.25) is 0 Å². The average molecular weight is 358 g/mol. The van der Waals surface area contributed by atoms with Gasteiger partial charge in [0.05, 0.1) is 17.7 Å². The number of amides is 1. The molecular formula is C19H22N2O5. The van der Waals surface area contributed by atoms with E-state index in [0.29, 0.717) is 28.8 Å². The van der Waals surface area contributed by atoms with E-state index < -0.39 is 5.60 Å². The number of benzene rings is 1. The lowest BCUT2D eigenvalue weighted by atomic mass is 10.0. The van der Waals surface area contributed by atoms with Gasteiger partial charge in [0.2, 0.25) is 18.6 Å². The molecule has 0 atom stereocenters. The Morgan fingerprint density at radius 3 is 2.85 bits per heavy atom. The Bertz CT molecular complexity index is 823. The van der Waals surface area contributed by atoms with Crippen molar-refractivity contribution in [3.63, 3.8) is 0 Å². The van der Waals surface area contributed by atoms with Gasteiger partial charge in [-0.05, 0) is 38.0 Å². The van der Waals surface area contributed by atoms with Crippen molar-refractivity contribution in [2.75, 3.05) is 13.3 Å². The van der Waals surface area contributed by atoms with Crippen LogP contribution >= 0.6 is 0 Å². The molecule has 1 fully saturated rings. The highest BCUT2D eigenvalue weighted by Crippen LogP contribution is 2.36. The molecule has 7 nitrogen and oxygen atoms in total. The summed E-state index contributed by atoms with van der Waals surface area (Å²) >= 11 is 0. The normalized spacial score (nSPS) is 17.5. The van der Waals surface area contributed by atoms with E-state index in [1.165, 1.54) is 0 Å². The third-order valence-electron chi connectivity index (χ3n) is 4.99. The summed E-state index contributed by atoms with van der Waals surface area (Å²) in [6.45, 7) is 2.29. The van der Waals surface area contributed by atoms with E-state index in [2.05, 4.69) is 10.3 Å². The molecule has 1 amide bonds. The molecule has 1 aliphatic carbocycles. The number of hydrogen-bond donors (Lipinski definition) is 2. The molecule has 2 aromatic rings. The summed E-state index contributed by atoms with van der Waals surface area (Å²) in [6.07, 6.45) is 3.62. The first-order valence-electron chi connectivity index (χ1n) is 8.88. The fraction of sp³-hybridized carbons (Fsp3) is 0.474. The van der Waals surface area contributed by atoms with Crippen LogP contribution in [0.15, 0.2) is 22.6 Å². The predicted molar refractivity (Wildman–Crippen MR) is 92.9 cm³/mol. The van der Waals surface area contributed by atoms with E-state index in [1.807, 2.05) is 18.2 Å². The third-order valence-corrected chi connectivity index (χ3v) is 4.99. The molecule has 0 saturated heterocycles. The number of ether oxygens (including phenoxy) is 2. The molecule has 1 aromatic heterocycles. The molecule has 138 valence electrons. The largest absolute Gasteiger partial charge is 0.454 e. The molecule has 0 unspecified atom stereocenters. The van der Waals surface area contributed by atoms with Crippen molar-refractivity contribution < 1.29 is 23.8 Å². The number of carbonyl (C=O) groups excluding carboxylic acids is 1. The van der Waals surface area contributed by atoms with E-state index in [-0.39, 0.29) is 25.7 Å². The lowest BCUT2D eigenvalue weighted by Crippen LogP contribution is -2.41. The van der Waals surface area contributed by atoms with Crippen molar-refractivity contribution in [2.45, 2.75) is 44.6 Å². The number of nitrogens with zero attached hydrogens (tertiary/aromatic N) is 1. The van der Waals surface area contributed by atoms with Crippen LogP contribution in [-0.2, 0) is 11.2 Å². The minimum absolute atomic E-state index is 0.121. The van der Waals surface area contributed by atoms with Crippen molar-refractivity contribution in [1.29, 1.82) is 0 Å². The van der Waals surface area contributed by atoms with Gasteiger partial charge in [-0.3, -0.25) is 4.79 Å². The van der Waals surface area contributed by atoms with Gasteiger partial charge in [0.1, 0.15) is 5.76 Å². The minimum atomic E-state index is -0.758. The number of nitrogens with one attached hydrogen (secondary N) is 1. The standard InChI is InChI=1S/C19H22N2O5/c1-12-14(9-17(22)20-10-19(23)6-2-3-7-19)21-18(26-12)13-4-5-15-16(8-13)25-11-24-15/h4-5,8,23H,2-3,6-7,9-11H2,1H3,(H,20,22). The van der Waals surface area contributed by atoms with E-state index >= 15 is 0 Å². The highest BCUT2D eigenvalue weighted by atomic mass is 16.7. The van der Waals surface area contributed by atoms with Gasteiger partial charge in [-0.2, -0.15) is 0 Å². The lowest BCUT2D eigenvalue weighted by molar-refractivity contribution is -0.121. The second-order valence-corrected chi connectivity index (χ2v) is 6.97. The smallest absolute Gasteiger partial charge is 0.231 e. The molecule has 1 aliphatic heterocycles. The van der Waals surface area contributed by atoms with Gasteiger partial charge in [0.25, 0.3) is 0 Å². The fourth-order valence-electron chi connectivity index (χ4n) is 3.43. The van der Waals surface area contributed by atoms with Crippen molar-refractivity contribution in [3.8, 4) is 23.0 Å². The molecule has 0 radical (unpaired) electrons. The number of carbonyl (C=O) groups is 1. The quantitative estimate of drug-likeness (QED) is 0.852. The summed E-state index contributed by atoms with van der Waals surface area (Å²) in [4.78, 5) is 16.7. The van der Waals surface area contributed by atoms with Gasteiger partial charge in [0, 0.05) is 12.1 Å². The first-order valence-corrected chi connectivity index (χ1v) is 8.88. The van der Waals surface area contributed by atoms with Crippen LogP contribution in [-0.4, -0.2) is 34.9 Å². The Morgan fingerprint density at radius 1 is 1.27 bits per heavy atom. The topological polar surface area (TPSA) is 93.8 Å². The molecule has 2 aliphatic rings. The van der Waals surface area contributed by atoms with Gasteiger partial charge in [-0.1, -0.05) is 12.8 Å². The number of oxazole rings is 1. The van der Waals surface area contributed by atoms with Crippen LogP contribution in [0.1, 0.15) is 37.1 Å². The molecule has 0 bridgehead atoms. The van der Waals surface area contributed by atoms with Crippen molar-refractivity contribution in [1.82, 2.24) is 10.3 Å². The van der Waals surface area contributed by atoms with Crippen LogP contribution in [0, 0.1) is 6.92 Å². The second-order valence-electron chi connectivity index (χ2n) is 6.97. The molecule has 4 rings (SSSR count). The predicted octanol–water partition coefficient (Wildman–Crippen LogP) is 2.34. The molecular weight excluding hydrogens is 336 g/mol. The Labute approximate surface area is 151 Å². The zero-order valence-electron chi connectivity index (χ0n) is 14.7. The summed E-state index contributed by atoms with van der Waals surface area (Å²) in [5.74, 6) is 2.23. The Kier molecular flexibility index (Phi) is 4.32. The fourth-order valence-corrected chi connectivity index (χ4v) is 3.43. The molecule has 1 saturated carbocycles. The Hall–Kier alpha value is -2.54. The highest BCUT2D eigenvalue weighted by molar-refractivity contribution is 5.78. The molecule has 0 spiro atoms.